The number of nitriles is 1. The molecule has 3 heteroatoms. The molecule has 1 N–H and O–H groups in total. The number of carbonyl (C=O) groups excluding carboxylic acids is 1. The van der Waals surface area contributed by atoms with Crippen molar-refractivity contribution in [2.75, 3.05) is 0 Å². The lowest BCUT2D eigenvalue weighted by atomic mass is 10.1. The first kappa shape index (κ1) is 7.56. The first-order chi connectivity index (χ1) is 6.35. The van der Waals surface area contributed by atoms with Crippen LogP contribution in [0.15, 0.2) is 24.3 Å². The highest BCUT2D eigenvalue weighted by atomic mass is 16.1. The van der Waals surface area contributed by atoms with E-state index in [1.54, 1.807) is 18.2 Å². The second-order valence-electron chi connectivity index (χ2n) is 2.72. The number of aldehydes is 1. The molecule has 1 heterocycles. The van der Waals surface area contributed by atoms with E-state index in [1.807, 2.05) is 6.07 Å². The molecule has 0 aliphatic carbocycles. The van der Waals surface area contributed by atoms with Gasteiger partial charge in [-0.2, -0.15) is 5.26 Å². The maximum atomic E-state index is 10.5. The van der Waals surface area contributed by atoms with Crippen LogP contribution in [0.4, 0.5) is 0 Å². The lowest BCUT2D eigenvalue weighted by Gasteiger charge is -1.89. The van der Waals surface area contributed by atoms with E-state index in [0.717, 1.165) is 17.2 Å². The van der Waals surface area contributed by atoms with Crippen molar-refractivity contribution < 1.29 is 4.79 Å². The molecule has 0 unspecified atom stereocenters. The summed E-state index contributed by atoms with van der Waals surface area (Å²) in [6.45, 7) is 0. The van der Waals surface area contributed by atoms with Crippen LogP contribution in [0, 0.1) is 11.3 Å². The molecule has 3 nitrogen and oxygen atoms in total. The zero-order chi connectivity index (χ0) is 9.26. The zero-order valence-electron chi connectivity index (χ0n) is 6.74. The van der Waals surface area contributed by atoms with E-state index >= 15 is 0 Å². The van der Waals surface area contributed by atoms with Crippen molar-refractivity contribution in [2.24, 2.45) is 0 Å². The minimum absolute atomic E-state index is 0.498. The van der Waals surface area contributed by atoms with E-state index in [4.69, 9.17) is 5.26 Å². The number of nitrogens with one attached hydrogen (secondary N) is 1. The van der Waals surface area contributed by atoms with E-state index in [-0.39, 0.29) is 0 Å². The van der Waals surface area contributed by atoms with Crippen LogP contribution in [-0.2, 0) is 0 Å². The van der Waals surface area contributed by atoms with Crippen LogP contribution < -0.4 is 0 Å². The molecular formula is C10H6N2O. The molecule has 0 radical (unpaired) electrons. The topological polar surface area (TPSA) is 56.6 Å². The summed E-state index contributed by atoms with van der Waals surface area (Å²) in [7, 11) is 0. The summed E-state index contributed by atoms with van der Waals surface area (Å²) < 4.78 is 0. The first-order valence-electron chi connectivity index (χ1n) is 3.82. The lowest BCUT2D eigenvalue weighted by molar-refractivity contribution is 0.112. The van der Waals surface area contributed by atoms with Gasteiger partial charge in [0.05, 0.1) is 17.3 Å². The molecule has 0 bridgehead atoms. The Kier molecular flexibility index (Phi) is 1.60. The maximum absolute atomic E-state index is 10.5. The Bertz CT molecular complexity index is 505. The summed E-state index contributed by atoms with van der Waals surface area (Å²) in [4.78, 5) is 13.4. The fourth-order valence-corrected chi connectivity index (χ4v) is 1.34. The molecule has 0 saturated heterocycles. The molecule has 13 heavy (non-hydrogen) atoms. The molecule has 0 atom stereocenters. The van der Waals surface area contributed by atoms with Gasteiger partial charge in [0.2, 0.25) is 0 Å². The van der Waals surface area contributed by atoms with Crippen LogP contribution in [0.2, 0.25) is 0 Å². The van der Waals surface area contributed by atoms with Crippen LogP contribution in [0.1, 0.15) is 16.1 Å². The smallest absolute Gasteiger partial charge is 0.166 e. The lowest BCUT2D eigenvalue weighted by Crippen LogP contribution is -1.74. The molecule has 0 fully saturated rings. The quantitative estimate of drug-likeness (QED) is 0.664. The number of rotatable bonds is 1. The first-order valence-corrected chi connectivity index (χ1v) is 3.82. The Labute approximate surface area is 74.6 Å². The van der Waals surface area contributed by atoms with Crippen molar-refractivity contribution in [1.29, 1.82) is 5.26 Å². The number of nitrogens with zero attached hydrogens (tertiary/aromatic N) is 1. The average Bonchev–Trinajstić information content (AvgIpc) is 2.59. The van der Waals surface area contributed by atoms with Gasteiger partial charge in [0.1, 0.15) is 0 Å². The highest BCUT2D eigenvalue weighted by molar-refractivity contribution is 5.91. The van der Waals surface area contributed by atoms with Crippen LogP contribution in [0.5, 0.6) is 0 Å². The number of hydrogen-bond donors (Lipinski definition) is 1. The standard InChI is InChI=1S/C10H6N2O/c11-5-7-2-1-3-10-9(7)4-8(6-13)12-10/h1-4,6,12H. The van der Waals surface area contributed by atoms with Crippen molar-refractivity contribution in [3.05, 3.63) is 35.5 Å². The van der Waals surface area contributed by atoms with E-state index in [0.29, 0.717) is 11.3 Å². The summed E-state index contributed by atoms with van der Waals surface area (Å²) in [6.07, 6.45) is 0.737. The monoisotopic (exact) mass is 170 g/mol. The minimum Gasteiger partial charge on any atom is -0.352 e. The van der Waals surface area contributed by atoms with E-state index < -0.39 is 0 Å². The third kappa shape index (κ3) is 1.09. The Hall–Kier alpha value is -2.08. The molecule has 62 valence electrons. The molecule has 0 aliphatic heterocycles. The number of aromatic amines is 1. The molecule has 2 aromatic rings. The predicted octanol–water partition coefficient (Wildman–Crippen LogP) is 1.85. The highest BCUT2D eigenvalue weighted by Crippen LogP contribution is 2.18. The van der Waals surface area contributed by atoms with Gasteiger partial charge in [-0.25, -0.2) is 0 Å². The summed E-state index contributed by atoms with van der Waals surface area (Å²) in [5, 5.41) is 9.56. The Morgan fingerprint density at radius 1 is 1.46 bits per heavy atom. The number of H-pyrrole nitrogens is 1. The van der Waals surface area contributed by atoms with Gasteiger partial charge < -0.3 is 4.98 Å². The summed E-state index contributed by atoms with van der Waals surface area (Å²) in [5.74, 6) is 0. The number of hydrogen-bond acceptors (Lipinski definition) is 2. The molecule has 2 rings (SSSR count). The van der Waals surface area contributed by atoms with Gasteiger partial charge in [0.15, 0.2) is 6.29 Å². The van der Waals surface area contributed by atoms with Gasteiger partial charge in [-0.15, -0.1) is 0 Å². The number of benzene rings is 1. The third-order valence-corrected chi connectivity index (χ3v) is 1.93. The van der Waals surface area contributed by atoms with Crippen LogP contribution in [-0.4, -0.2) is 11.3 Å². The normalized spacial score (nSPS) is 9.77. The summed E-state index contributed by atoms with van der Waals surface area (Å²) >= 11 is 0. The Morgan fingerprint density at radius 3 is 3.00 bits per heavy atom. The van der Waals surface area contributed by atoms with Crippen molar-refractivity contribution in [3.8, 4) is 6.07 Å². The summed E-state index contributed by atoms with van der Waals surface area (Å²) in [5.41, 5.74) is 1.90. The van der Waals surface area contributed by atoms with Crippen molar-refractivity contribution in [3.63, 3.8) is 0 Å². The molecule has 0 spiro atoms. The number of fused-ring (bicyclic) bond motifs is 1. The fourth-order valence-electron chi connectivity index (χ4n) is 1.34. The van der Waals surface area contributed by atoms with Crippen LogP contribution in [0.25, 0.3) is 10.9 Å². The second-order valence-corrected chi connectivity index (χ2v) is 2.72. The van der Waals surface area contributed by atoms with E-state index in [9.17, 15) is 4.79 Å². The van der Waals surface area contributed by atoms with Crippen LogP contribution in [0.3, 0.4) is 0 Å². The van der Waals surface area contributed by atoms with Gasteiger partial charge in [-0.05, 0) is 18.2 Å². The predicted molar refractivity (Wildman–Crippen MR) is 48.4 cm³/mol. The molecule has 0 saturated carbocycles. The van der Waals surface area contributed by atoms with Gasteiger partial charge in [-0.1, -0.05) is 6.07 Å². The largest absolute Gasteiger partial charge is 0.352 e. The number of aromatic nitrogens is 1. The molecule has 0 aliphatic rings. The van der Waals surface area contributed by atoms with Crippen LogP contribution >= 0.6 is 0 Å². The molecule has 0 amide bonds. The molecule has 1 aromatic heterocycles. The Balaban J connectivity index is 2.83. The fraction of sp³-hybridized carbons (Fsp3) is 0. The maximum Gasteiger partial charge on any atom is 0.166 e. The van der Waals surface area contributed by atoms with Crippen molar-refractivity contribution >= 4 is 17.2 Å². The summed E-state index contributed by atoms with van der Waals surface area (Å²) in [6, 6.07) is 9.10. The van der Waals surface area contributed by atoms with Crippen molar-refractivity contribution in [2.45, 2.75) is 0 Å². The number of carbonyl (C=O) groups is 1. The van der Waals surface area contributed by atoms with E-state index in [2.05, 4.69) is 11.1 Å². The minimum atomic E-state index is 0.498. The molecule has 1 aromatic carbocycles. The Morgan fingerprint density at radius 2 is 2.31 bits per heavy atom. The van der Waals surface area contributed by atoms with Gasteiger partial charge in [0, 0.05) is 10.9 Å². The second kappa shape index (κ2) is 2.76. The third-order valence-electron chi connectivity index (χ3n) is 1.93. The van der Waals surface area contributed by atoms with Gasteiger partial charge >= 0.3 is 0 Å². The SMILES string of the molecule is N#Cc1cccc2[nH]c(C=O)cc12. The molecular weight excluding hydrogens is 164 g/mol. The highest BCUT2D eigenvalue weighted by Gasteiger charge is 2.03. The van der Waals surface area contributed by atoms with Crippen molar-refractivity contribution in [1.82, 2.24) is 4.98 Å². The van der Waals surface area contributed by atoms with E-state index in [1.165, 1.54) is 0 Å². The average molecular weight is 170 g/mol. The van der Waals surface area contributed by atoms with Gasteiger partial charge in [0.25, 0.3) is 0 Å². The van der Waals surface area contributed by atoms with Gasteiger partial charge in [-0.3, -0.25) is 4.79 Å². The zero-order valence-corrected chi connectivity index (χ0v) is 6.74.